The van der Waals surface area contributed by atoms with Crippen molar-refractivity contribution in [3.63, 3.8) is 0 Å². The number of pyridine rings is 1. The van der Waals surface area contributed by atoms with Gasteiger partial charge >= 0.3 is 7.82 Å². The van der Waals surface area contributed by atoms with Gasteiger partial charge in [-0.1, -0.05) is 109 Å². The fourth-order valence-electron chi connectivity index (χ4n) is 6.76. The van der Waals surface area contributed by atoms with E-state index in [9.17, 15) is 14.7 Å². The molecular formula is C40H60N7O7P. The van der Waals surface area contributed by atoms with Gasteiger partial charge < -0.3 is 24.8 Å². The van der Waals surface area contributed by atoms with Crippen molar-refractivity contribution >= 4 is 19.2 Å². The number of aromatic nitrogens is 4. The Morgan fingerprint density at radius 1 is 0.945 bits per heavy atom. The lowest BCUT2D eigenvalue weighted by molar-refractivity contribution is -0.0560. The van der Waals surface area contributed by atoms with Gasteiger partial charge in [-0.2, -0.15) is 15.6 Å². The van der Waals surface area contributed by atoms with Crippen molar-refractivity contribution < 1.29 is 32.7 Å². The molecule has 1 saturated heterocycles. The number of ether oxygens (including phenoxy) is 3. The van der Waals surface area contributed by atoms with Crippen molar-refractivity contribution in [2.45, 2.75) is 147 Å². The highest BCUT2D eigenvalue weighted by molar-refractivity contribution is 7.47. The van der Waals surface area contributed by atoms with Gasteiger partial charge in [-0.25, -0.2) is 19.0 Å². The molecule has 0 bridgehead atoms. The molecule has 0 radical (unpaired) electrons. The monoisotopic (exact) mass is 781 g/mol. The van der Waals surface area contributed by atoms with Crippen LogP contribution in [0.5, 0.6) is 0 Å². The minimum absolute atomic E-state index is 0.142. The second-order valence-corrected chi connectivity index (χ2v) is 15.9. The molecule has 1 aliphatic rings. The lowest BCUT2D eigenvalue weighted by Gasteiger charge is -2.23. The third kappa shape index (κ3) is 15.2. The molecule has 4 rings (SSSR count). The number of anilines is 1. The highest BCUT2D eigenvalue weighted by atomic mass is 31.2. The predicted octanol–water partition coefficient (Wildman–Crippen LogP) is 8.47. The SMILES string of the molecule is CCCCCCCCCCCCCCCCCCOC[C@H](COP(=O)(O)OC[C@@H]1CC[C@](C#N)(c2ccc3c(N)ncnn23)O1)OCc1ccc(C#N)nc1. The number of unbranched alkanes of at least 4 members (excludes halogenated alkanes) is 15. The van der Waals surface area contributed by atoms with Crippen LogP contribution in [-0.4, -0.2) is 63.1 Å². The Morgan fingerprint density at radius 2 is 1.62 bits per heavy atom. The number of hydrogen-bond acceptors (Lipinski definition) is 12. The van der Waals surface area contributed by atoms with Crippen LogP contribution in [0, 0.1) is 22.7 Å². The Bertz CT molecular complexity index is 1680. The van der Waals surface area contributed by atoms with Gasteiger partial charge in [-0.15, -0.1) is 0 Å². The minimum Gasteiger partial charge on any atom is -0.382 e. The standard InChI is InChI=1S/C40H60N7O7P/c1-2-3-4-5-6-7-8-9-10-11-12-13-14-15-16-17-24-50-28-36(51-27-33-18-19-34(25-41)44-26-33)30-53-55(48,49)52-29-35-22-23-40(31-42,54-35)38-21-20-37-39(43)45-32-46-47(37)38/h18-21,26,32,35-36H,2-17,22-24,27-30H2,1H3,(H,48,49)(H2,43,45,46)/t35-,36+,40-/m0/s1. The molecule has 55 heavy (non-hydrogen) atoms. The van der Waals surface area contributed by atoms with Crippen molar-refractivity contribution in [1.82, 2.24) is 19.6 Å². The molecule has 14 nitrogen and oxygen atoms in total. The van der Waals surface area contributed by atoms with E-state index >= 15 is 0 Å². The van der Waals surface area contributed by atoms with Crippen molar-refractivity contribution in [3.05, 3.63) is 53.7 Å². The topological polar surface area (TPSA) is 200 Å². The van der Waals surface area contributed by atoms with Crippen LogP contribution in [0.1, 0.15) is 139 Å². The Labute approximate surface area is 326 Å². The quantitative estimate of drug-likeness (QED) is 0.0502. The summed E-state index contributed by atoms with van der Waals surface area (Å²) in [7, 11) is -4.53. The first-order valence-electron chi connectivity index (χ1n) is 20.1. The maximum Gasteiger partial charge on any atom is 0.472 e. The van der Waals surface area contributed by atoms with Gasteiger partial charge in [0.15, 0.2) is 11.4 Å². The molecule has 15 heteroatoms. The summed E-state index contributed by atoms with van der Waals surface area (Å²) in [6, 6.07) is 11.0. The van der Waals surface area contributed by atoms with Crippen LogP contribution >= 0.6 is 7.82 Å². The summed E-state index contributed by atoms with van der Waals surface area (Å²) in [5.41, 5.74) is 6.67. The highest BCUT2D eigenvalue weighted by Gasteiger charge is 2.45. The van der Waals surface area contributed by atoms with Gasteiger partial charge in [0.2, 0.25) is 0 Å². The third-order valence-electron chi connectivity index (χ3n) is 9.98. The number of rotatable bonds is 29. The normalized spacial score (nSPS) is 18.6. The molecule has 1 unspecified atom stereocenters. The fourth-order valence-corrected chi connectivity index (χ4v) is 7.55. The first-order valence-corrected chi connectivity index (χ1v) is 21.6. The minimum atomic E-state index is -4.53. The van der Waals surface area contributed by atoms with Gasteiger partial charge in [0.05, 0.1) is 38.2 Å². The van der Waals surface area contributed by atoms with Gasteiger partial charge in [0.1, 0.15) is 35.8 Å². The van der Waals surface area contributed by atoms with E-state index in [1.54, 1.807) is 30.5 Å². The van der Waals surface area contributed by atoms with Crippen molar-refractivity contribution in [2.24, 2.45) is 0 Å². The van der Waals surface area contributed by atoms with E-state index in [0.29, 0.717) is 36.4 Å². The molecule has 0 aliphatic carbocycles. The zero-order valence-corrected chi connectivity index (χ0v) is 33.4. The van der Waals surface area contributed by atoms with Crippen LogP contribution in [-0.2, 0) is 40.0 Å². The largest absolute Gasteiger partial charge is 0.472 e. The van der Waals surface area contributed by atoms with Crippen LogP contribution in [0.4, 0.5) is 5.82 Å². The number of nitrogens with zero attached hydrogens (tertiary/aromatic N) is 6. The summed E-state index contributed by atoms with van der Waals surface area (Å²) in [5, 5.41) is 23.4. The molecule has 3 aromatic heterocycles. The number of phosphoric acid groups is 1. The van der Waals surface area contributed by atoms with E-state index in [4.69, 9.17) is 34.3 Å². The zero-order valence-electron chi connectivity index (χ0n) is 32.5. The molecule has 3 N–H and O–H groups in total. The summed E-state index contributed by atoms with van der Waals surface area (Å²) in [6.07, 6.45) is 23.0. The Kier molecular flexibility index (Phi) is 19.5. The molecule has 302 valence electrons. The molecule has 0 saturated carbocycles. The first kappa shape index (κ1) is 44.3. The number of nitrogen functional groups attached to an aromatic ring is 1. The maximum atomic E-state index is 13.0. The fraction of sp³-hybridized carbons (Fsp3) is 0.675. The maximum absolute atomic E-state index is 13.0. The van der Waals surface area contributed by atoms with Crippen LogP contribution in [0.25, 0.3) is 5.52 Å². The van der Waals surface area contributed by atoms with Crippen molar-refractivity contribution in [3.8, 4) is 12.1 Å². The Balaban J connectivity index is 1.14. The van der Waals surface area contributed by atoms with E-state index in [-0.39, 0.29) is 32.2 Å². The number of phosphoric ester groups is 1. The predicted molar refractivity (Wildman–Crippen MR) is 208 cm³/mol. The smallest absolute Gasteiger partial charge is 0.382 e. The van der Waals surface area contributed by atoms with Gasteiger partial charge in [0.25, 0.3) is 0 Å². The van der Waals surface area contributed by atoms with Gasteiger partial charge in [-0.05, 0) is 43.0 Å². The van der Waals surface area contributed by atoms with E-state index < -0.39 is 25.6 Å². The molecule has 4 atom stereocenters. The summed E-state index contributed by atoms with van der Waals surface area (Å²) >= 11 is 0. The zero-order chi connectivity index (χ0) is 39.2. The summed E-state index contributed by atoms with van der Waals surface area (Å²) in [6.45, 7) is 2.57. The van der Waals surface area contributed by atoms with E-state index in [1.165, 1.54) is 101 Å². The second-order valence-electron chi connectivity index (χ2n) is 14.4. The average molecular weight is 782 g/mol. The molecule has 1 aliphatic heterocycles. The second kappa shape index (κ2) is 24.2. The average Bonchev–Trinajstić information content (AvgIpc) is 3.84. The third-order valence-corrected chi connectivity index (χ3v) is 10.9. The van der Waals surface area contributed by atoms with Crippen molar-refractivity contribution in [1.29, 1.82) is 10.5 Å². The van der Waals surface area contributed by atoms with Gasteiger partial charge in [-0.3, -0.25) is 9.05 Å². The summed E-state index contributed by atoms with van der Waals surface area (Å²) in [4.78, 5) is 18.6. The molecule has 0 spiro atoms. The van der Waals surface area contributed by atoms with E-state index in [2.05, 4.69) is 28.1 Å². The molecule has 0 aromatic carbocycles. The highest BCUT2D eigenvalue weighted by Crippen LogP contribution is 2.46. The number of hydrogen-bond donors (Lipinski definition) is 2. The molecule has 1 fully saturated rings. The Morgan fingerprint density at radius 3 is 2.24 bits per heavy atom. The van der Waals surface area contributed by atoms with E-state index in [0.717, 1.165) is 18.4 Å². The van der Waals surface area contributed by atoms with E-state index in [1.807, 2.05) is 6.07 Å². The summed E-state index contributed by atoms with van der Waals surface area (Å²) < 4.78 is 43.1. The summed E-state index contributed by atoms with van der Waals surface area (Å²) in [5.74, 6) is 0.270. The number of fused-ring (bicyclic) bond motifs is 1. The van der Waals surface area contributed by atoms with Crippen LogP contribution in [0.15, 0.2) is 36.8 Å². The van der Waals surface area contributed by atoms with Crippen LogP contribution < -0.4 is 5.73 Å². The molecule has 4 heterocycles. The number of nitrogens with two attached hydrogens (primary N) is 1. The van der Waals surface area contributed by atoms with Gasteiger partial charge in [0, 0.05) is 12.8 Å². The molecule has 3 aromatic rings. The first-order chi connectivity index (χ1) is 26.8. The van der Waals surface area contributed by atoms with Crippen molar-refractivity contribution in [2.75, 3.05) is 32.2 Å². The number of nitriles is 2. The van der Waals surface area contributed by atoms with Crippen LogP contribution in [0.3, 0.4) is 0 Å². The Hall–Kier alpha value is -3.46. The molecule has 0 amide bonds. The molecular weight excluding hydrogens is 721 g/mol. The van der Waals surface area contributed by atoms with Crippen LogP contribution in [0.2, 0.25) is 0 Å². The lowest BCUT2D eigenvalue weighted by atomic mass is 9.98. The lowest BCUT2D eigenvalue weighted by Crippen LogP contribution is -2.28.